The molecule has 1 nitrogen and oxygen atoms in total. The summed E-state index contributed by atoms with van der Waals surface area (Å²) in [4.78, 5) is 2.25. The van der Waals surface area contributed by atoms with Crippen molar-refractivity contribution < 1.29 is 0 Å². The molecule has 0 radical (unpaired) electrons. The number of rotatable bonds is 4. The SMILES string of the molecule is CC=C(CCN(C)C)C(C)(C)[SiH3]. The van der Waals surface area contributed by atoms with Crippen molar-refractivity contribution >= 4 is 10.2 Å². The van der Waals surface area contributed by atoms with E-state index < -0.39 is 0 Å². The molecule has 0 spiro atoms. The second-order valence-electron chi connectivity index (χ2n) is 4.62. The largest absolute Gasteiger partial charge is 0.309 e. The molecule has 0 saturated heterocycles. The van der Waals surface area contributed by atoms with Gasteiger partial charge >= 0.3 is 0 Å². The van der Waals surface area contributed by atoms with Gasteiger partial charge in [-0.25, -0.2) is 0 Å². The smallest absolute Gasteiger partial charge is 0.0151 e. The molecule has 0 aliphatic rings. The van der Waals surface area contributed by atoms with E-state index in [-0.39, 0.29) is 0 Å². The summed E-state index contributed by atoms with van der Waals surface area (Å²) in [5, 5.41) is 0.477. The lowest BCUT2D eigenvalue weighted by molar-refractivity contribution is 0.408. The third-order valence-electron chi connectivity index (χ3n) is 2.14. The minimum Gasteiger partial charge on any atom is -0.309 e. The average molecular weight is 185 g/mol. The Hall–Kier alpha value is -0.0831. The van der Waals surface area contributed by atoms with Gasteiger partial charge in [-0.2, -0.15) is 0 Å². The number of hydrogen-bond acceptors (Lipinski definition) is 1. The summed E-state index contributed by atoms with van der Waals surface area (Å²) in [7, 11) is 5.51. The first-order valence-electron chi connectivity index (χ1n) is 4.68. The molecular formula is C10H23NSi. The van der Waals surface area contributed by atoms with Crippen LogP contribution in [0.1, 0.15) is 27.2 Å². The van der Waals surface area contributed by atoms with Crippen LogP contribution in [0.15, 0.2) is 11.6 Å². The summed E-state index contributed by atoms with van der Waals surface area (Å²) in [6.07, 6.45) is 3.51. The lowest BCUT2D eigenvalue weighted by Gasteiger charge is -2.24. The molecule has 0 heterocycles. The van der Waals surface area contributed by atoms with Gasteiger partial charge < -0.3 is 4.90 Å². The summed E-state index contributed by atoms with van der Waals surface area (Å²) in [6.45, 7) is 8.00. The summed E-state index contributed by atoms with van der Waals surface area (Å²) in [5.41, 5.74) is 1.61. The molecule has 0 unspecified atom stereocenters. The second kappa shape index (κ2) is 4.82. The van der Waals surface area contributed by atoms with Crippen LogP contribution < -0.4 is 0 Å². The summed E-state index contributed by atoms with van der Waals surface area (Å²) >= 11 is 0. The first kappa shape index (κ1) is 11.9. The average Bonchev–Trinajstić information content (AvgIpc) is 1.85. The second-order valence-corrected chi connectivity index (χ2v) is 7.12. The van der Waals surface area contributed by atoms with E-state index in [1.54, 1.807) is 5.57 Å². The summed E-state index contributed by atoms with van der Waals surface area (Å²) < 4.78 is 0. The minimum atomic E-state index is 0.477. The highest BCUT2D eigenvalue weighted by Gasteiger charge is 2.15. The van der Waals surface area contributed by atoms with Gasteiger partial charge in [-0.15, -0.1) is 0 Å². The number of nitrogens with zero attached hydrogens (tertiary/aromatic N) is 1. The quantitative estimate of drug-likeness (QED) is 0.473. The van der Waals surface area contributed by atoms with Crippen LogP contribution in [-0.2, 0) is 0 Å². The van der Waals surface area contributed by atoms with E-state index in [2.05, 4.69) is 45.8 Å². The van der Waals surface area contributed by atoms with Gasteiger partial charge in [0.1, 0.15) is 0 Å². The van der Waals surface area contributed by atoms with Crippen molar-refractivity contribution in [3.63, 3.8) is 0 Å². The molecule has 0 atom stereocenters. The van der Waals surface area contributed by atoms with Crippen LogP contribution in [0.2, 0.25) is 5.04 Å². The lowest BCUT2D eigenvalue weighted by atomic mass is 9.98. The van der Waals surface area contributed by atoms with Crippen molar-refractivity contribution in [1.29, 1.82) is 0 Å². The fourth-order valence-electron chi connectivity index (χ4n) is 1.30. The monoisotopic (exact) mass is 185 g/mol. The van der Waals surface area contributed by atoms with Gasteiger partial charge in [0, 0.05) is 16.8 Å². The standard InChI is InChI=1S/C10H23NSi/c1-6-9(10(2,3)12)7-8-11(4)5/h6H,7-8H2,1-5,12H3. The summed E-state index contributed by atoms with van der Waals surface area (Å²) in [5.74, 6) is 0. The Kier molecular flexibility index (Phi) is 4.79. The van der Waals surface area contributed by atoms with Crippen LogP contribution in [0.5, 0.6) is 0 Å². The Balaban J connectivity index is 4.04. The Morgan fingerprint density at radius 3 is 2.17 bits per heavy atom. The van der Waals surface area contributed by atoms with E-state index in [1.165, 1.54) is 23.2 Å². The Bertz CT molecular complexity index is 154. The van der Waals surface area contributed by atoms with Crippen molar-refractivity contribution in [2.45, 2.75) is 32.2 Å². The minimum absolute atomic E-state index is 0.477. The topological polar surface area (TPSA) is 3.24 Å². The van der Waals surface area contributed by atoms with Crippen molar-refractivity contribution in [1.82, 2.24) is 4.90 Å². The van der Waals surface area contributed by atoms with E-state index in [9.17, 15) is 0 Å². The fraction of sp³-hybridized carbons (Fsp3) is 0.800. The van der Waals surface area contributed by atoms with Crippen LogP contribution in [0.4, 0.5) is 0 Å². The third-order valence-corrected chi connectivity index (χ3v) is 2.78. The molecule has 0 fully saturated rings. The molecule has 0 saturated carbocycles. The van der Waals surface area contributed by atoms with Crippen molar-refractivity contribution in [2.24, 2.45) is 0 Å². The van der Waals surface area contributed by atoms with E-state index in [0.29, 0.717) is 5.04 Å². The lowest BCUT2D eigenvalue weighted by Crippen LogP contribution is -2.17. The Morgan fingerprint density at radius 1 is 1.42 bits per heavy atom. The normalized spacial score (nSPS) is 14.3. The highest BCUT2D eigenvalue weighted by atomic mass is 28.1. The number of hydrogen-bond donors (Lipinski definition) is 0. The van der Waals surface area contributed by atoms with E-state index in [1.807, 2.05) is 0 Å². The van der Waals surface area contributed by atoms with Crippen LogP contribution >= 0.6 is 0 Å². The maximum absolute atomic E-state index is 2.34. The Morgan fingerprint density at radius 2 is 1.92 bits per heavy atom. The van der Waals surface area contributed by atoms with E-state index in [0.717, 1.165) is 0 Å². The van der Waals surface area contributed by atoms with Crippen LogP contribution in [0.3, 0.4) is 0 Å². The predicted octanol–water partition coefficient (Wildman–Crippen LogP) is 1.45. The highest BCUT2D eigenvalue weighted by Crippen LogP contribution is 2.31. The number of allylic oxidation sites excluding steroid dienone is 1. The zero-order valence-electron chi connectivity index (χ0n) is 9.44. The molecule has 0 aromatic heterocycles. The zero-order valence-corrected chi connectivity index (χ0v) is 11.4. The molecule has 2 heteroatoms. The molecule has 0 bridgehead atoms. The van der Waals surface area contributed by atoms with Gasteiger partial charge in [0.25, 0.3) is 0 Å². The van der Waals surface area contributed by atoms with Crippen LogP contribution in [0.25, 0.3) is 0 Å². The molecule has 0 aromatic rings. The van der Waals surface area contributed by atoms with E-state index >= 15 is 0 Å². The molecule has 0 aliphatic heterocycles. The fourth-order valence-corrected chi connectivity index (χ4v) is 1.84. The van der Waals surface area contributed by atoms with Crippen LogP contribution in [0, 0.1) is 0 Å². The first-order chi connectivity index (χ1) is 5.38. The van der Waals surface area contributed by atoms with Crippen LogP contribution in [-0.4, -0.2) is 35.8 Å². The van der Waals surface area contributed by atoms with Crippen molar-refractivity contribution in [3.8, 4) is 0 Å². The Labute approximate surface area is 80.3 Å². The van der Waals surface area contributed by atoms with Gasteiger partial charge in [0.15, 0.2) is 0 Å². The summed E-state index contributed by atoms with van der Waals surface area (Å²) in [6, 6.07) is 0. The van der Waals surface area contributed by atoms with E-state index in [4.69, 9.17) is 0 Å². The molecule has 0 aromatic carbocycles. The molecule has 0 N–H and O–H groups in total. The zero-order chi connectivity index (χ0) is 9.78. The van der Waals surface area contributed by atoms with Gasteiger partial charge in [-0.05, 0) is 32.5 Å². The third kappa shape index (κ3) is 4.73. The van der Waals surface area contributed by atoms with Gasteiger partial charge in [0.2, 0.25) is 0 Å². The van der Waals surface area contributed by atoms with Gasteiger partial charge in [0.05, 0.1) is 0 Å². The molecular weight excluding hydrogens is 162 g/mol. The molecule has 0 amide bonds. The molecule has 12 heavy (non-hydrogen) atoms. The molecule has 0 rings (SSSR count). The first-order valence-corrected chi connectivity index (χ1v) is 5.68. The van der Waals surface area contributed by atoms with Crippen molar-refractivity contribution in [3.05, 3.63) is 11.6 Å². The maximum atomic E-state index is 2.34. The van der Waals surface area contributed by atoms with Gasteiger partial charge in [-0.1, -0.05) is 25.5 Å². The highest BCUT2D eigenvalue weighted by molar-refractivity contribution is 6.16. The molecule has 0 aliphatic carbocycles. The van der Waals surface area contributed by atoms with Gasteiger partial charge in [-0.3, -0.25) is 0 Å². The maximum Gasteiger partial charge on any atom is 0.0151 e. The molecule has 72 valence electrons. The van der Waals surface area contributed by atoms with Crippen molar-refractivity contribution in [2.75, 3.05) is 20.6 Å². The predicted molar refractivity (Wildman–Crippen MR) is 60.9 cm³/mol.